The number of amidine groups is 1. The summed E-state index contributed by atoms with van der Waals surface area (Å²) in [5, 5.41) is 6.46. The van der Waals surface area contributed by atoms with Crippen LogP contribution in [0.5, 0.6) is 0 Å². The lowest BCUT2D eigenvalue weighted by atomic mass is 9.87. The lowest BCUT2D eigenvalue weighted by Crippen LogP contribution is -2.37. The largest absolute Gasteiger partial charge is 0.416 e. The van der Waals surface area contributed by atoms with Crippen LogP contribution in [-0.2, 0) is 15.8 Å². The second kappa shape index (κ2) is 9.63. The smallest absolute Gasteiger partial charge is 0.360 e. The lowest BCUT2D eigenvalue weighted by Gasteiger charge is -2.20. The topological polar surface area (TPSA) is 73.8 Å². The Labute approximate surface area is 199 Å². The summed E-state index contributed by atoms with van der Waals surface area (Å²) in [6.07, 6.45) is -4.53. The van der Waals surface area contributed by atoms with Crippen LogP contribution in [0.1, 0.15) is 37.8 Å². The van der Waals surface area contributed by atoms with Gasteiger partial charge in [0.15, 0.2) is 11.6 Å². The average Bonchev–Trinajstić information content (AvgIpc) is 3.10. The van der Waals surface area contributed by atoms with Crippen LogP contribution in [0.25, 0.3) is 0 Å². The van der Waals surface area contributed by atoms with Gasteiger partial charge in [-0.05, 0) is 29.8 Å². The highest BCUT2D eigenvalue weighted by molar-refractivity contribution is 6.10. The Balaban J connectivity index is 1.99. The third-order valence-corrected chi connectivity index (χ3v) is 5.65. The summed E-state index contributed by atoms with van der Waals surface area (Å²) in [5.74, 6) is -5.25. The first-order chi connectivity index (χ1) is 16.2. The normalized spacial score (nSPS) is 19.7. The number of likely N-dealkylation sites (tertiary alicyclic amines) is 1. The Hall–Kier alpha value is -3.50. The third kappa shape index (κ3) is 5.77. The van der Waals surface area contributed by atoms with Crippen molar-refractivity contribution in [3.8, 4) is 0 Å². The Morgan fingerprint density at radius 3 is 2.23 bits per heavy atom. The van der Waals surface area contributed by atoms with Crippen LogP contribution in [0.4, 0.5) is 27.6 Å². The van der Waals surface area contributed by atoms with Crippen molar-refractivity contribution in [2.75, 3.05) is 18.9 Å². The number of benzene rings is 2. The highest BCUT2D eigenvalue weighted by Gasteiger charge is 2.43. The van der Waals surface area contributed by atoms with E-state index in [1.165, 1.54) is 24.3 Å². The molecule has 2 aromatic rings. The minimum absolute atomic E-state index is 0.127. The number of hydrogen-bond donors (Lipinski definition) is 2. The molecule has 1 aliphatic rings. The van der Waals surface area contributed by atoms with Gasteiger partial charge in [-0.3, -0.25) is 9.59 Å². The van der Waals surface area contributed by atoms with E-state index in [4.69, 9.17) is 0 Å². The molecule has 35 heavy (non-hydrogen) atoms. The number of hydrogen-bond acceptors (Lipinski definition) is 3. The second-order valence-electron chi connectivity index (χ2n) is 9.34. The van der Waals surface area contributed by atoms with Crippen molar-refractivity contribution >= 4 is 23.3 Å². The van der Waals surface area contributed by atoms with Crippen LogP contribution < -0.4 is 10.7 Å². The van der Waals surface area contributed by atoms with Crippen molar-refractivity contribution in [1.29, 1.82) is 0 Å². The van der Waals surface area contributed by atoms with Crippen molar-refractivity contribution < 1.29 is 31.5 Å². The number of halogens is 5. The molecule has 2 N–H and O–H groups in total. The van der Waals surface area contributed by atoms with E-state index >= 15 is 0 Å². The van der Waals surface area contributed by atoms with Crippen molar-refractivity contribution in [3.63, 3.8) is 0 Å². The SMILES string of the molecule is CN1C[C@H](c2ccc(C(F)(F)F)cc2)[C@@H](C(=O)Nc2cccc(F)c2F)C1=NNC(=O)C(C)(C)C. The summed E-state index contributed by atoms with van der Waals surface area (Å²) < 4.78 is 66.9. The molecule has 2 aromatic carbocycles. The molecule has 0 aliphatic carbocycles. The Morgan fingerprint density at radius 1 is 1.03 bits per heavy atom. The molecule has 188 valence electrons. The molecule has 11 heteroatoms. The fourth-order valence-corrected chi connectivity index (χ4v) is 3.67. The van der Waals surface area contributed by atoms with Gasteiger partial charge in [-0.25, -0.2) is 14.2 Å². The van der Waals surface area contributed by atoms with E-state index < -0.39 is 58.1 Å². The summed E-state index contributed by atoms with van der Waals surface area (Å²) in [7, 11) is 1.61. The number of nitrogens with zero attached hydrogens (tertiary/aromatic N) is 2. The molecule has 1 saturated heterocycles. The monoisotopic (exact) mass is 496 g/mol. The Kier molecular flexibility index (Phi) is 7.18. The van der Waals surface area contributed by atoms with Crippen molar-refractivity contribution in [1.82, 2.24) is 10.3 Å². The maximum Gasteiger partial charge on any atom is 0.416 e. The molecule has 0 radical (unpaired) electrons. The predicted octanol–water partition coefficient (Wildman–Crippen LogP) is 4.74. The molecule has 1 heterocycles. The molecule has 0 unspecified atom stereocenters. The number of likely N-dealkylation sites (N-methyl/N-ethyl adjacent to an activating group) is 1. The van der Waals surface area contributed by atoms with Crippen LogP contribution in [-0.4, -0.2) is 36.1 Å². The van der Waals surface area contributed by atoms with E-state index in [-0.39, 0.29) is 12.4 Å². The van der Waals surface area contributed by atoms with Gasteiger partial charge < -0.3 is 10.2 Å². The van der Waals surface area contributed by atoms with Gasteiger partial charge in [0, 0.05) is 24.9 Å². The molecular weight excluding hydrogens is 471 g/mol. The van der Waals surface area contributed by atoms with E-state index in [1.54, 1.807) is 32.7 Å². The number of hydrazone groups is 1. The molecule has 0 saturated carbocycles. The maximum atomic E-state index is 14.2. The van der Waals surface area contributed by atoms with Crippen molar-refractivity contribution in [3.05, 3.63) is 65.2 Å². The molecule has 6 nitrogen and oxygen atoms in total. The lowest BCUT2D eigenvalue weighted by molar-refractivity contribution is -0.137. The Morgan fingerprint density at radius 2 is 1.66 bits per heavy atom. The van der Waals surface area contributed by atoms with Crippen LogP contribution in [0.3, 0.4) is 0 Å². The second-order valence-corrected chi connectivity index (χ2v) is 9.34. The molecule has 3 rings (SSSR count). The van der Waals surface area contributed by atoms with Gasteiger partial charge in [-0.1, -0.05) is 39.0 Å². The first-order valence-electron chi connectivity index (χ1n) is 10.7. The predicted molar refractivity (Wildman–Crippen MR) is 120 cm³/mol. The van der Waals surface area contributed by atoms with E-state index in [0.717, 1.165) is 18.2 Å². The number of carbonyl (C=O) groups excluding carboxylic acids is 2. The number of nitrogens with one attached hydrogen (secondary N) is 2. The van der Waals surface area contributed by atoms with Crippen LogP contribution in [0.2, 0.25) is 0 Å². The summed E-state index contributed by atoms with van der Waals surface area (Å²) in [5.41, 5.74) is 0.802. The molecule has 0 bridgehead atoms. The first kappa shape index (κ1) is 26.1. The highest BCUT2D eigenvalue weighted by atomic mass is 19.4. The van der Waals surface area contributed by atoms with E-state index in [2.05, 4.69) is 15.8 Å². The van der Waals surface area contributed by atoms with Gasteiger partial charge in [0.1, 0.15) is 11.8 Å². The summed E-state index contributed by atoms with van der Waals surface area (Å²) >= 11 is 0. The van der Waals surface area contributed by atoms with E-state index in [0.29, 0.717) is 5.56 Å². The van der Waals surface area contributed by atoms with Crippen LogP contribution in [0, 0.1) is 23.0 Å². The van der Waals surface area contributed by atoms with Gasteiger partial charge in [-0.2, -0.15) is 18.3 Å². The zero-order valence-corrected chi connectivity index (χ0v) is 19.5. The molecule has 0 aromatic heterocycles. The number of carbonyl (C=O) groups is 2. The fourth-order valence-electron chi connectivity index (χ4n) is 3.67. The molecule has 1 aliphatic heterocycles. The molecule has 2 amide bonds. The van der Waals surface area contributed by atoms with E-state index in [9.17, 15) is 31.5 Å². The molecule has 2 atom stereocenters. The number of alkyl halides is 3. The third-order valence-electron chi connectivity index (χ3n) is 5.65. The minimum atomic E-state index is -4.53. The zero-order chi connectivity index (χ0) is 26.1. The van der Waals surface area contributed by atoms with Gasteiger partial charge in [0.25, 0.3) is 0 Å². The average molecular weight is 496 g/mol. The van der Waals surface area contributed by atoms with Crippen molar-refractivity contribution in [2.45, 2.75) is 32.9 Å². The van der Waals surface area contributed by atoms with Crippen molar-refractivity contribution in [2.24, 2.45) is 16.4 Å². The summed E-state index contributed by atoms with van der Waals surface area (Å²) in [4.78, 5) is 27.2. The Bertz CT molecular complexity index is 1140. The standard InChI is InChI=1S/C24H25F5N4O2/c1-23(2,3)22(35)32-31-20-18(21(34)30-17-7-5-6-16(25)19(17)26)15(12-33(20)4)13-8-10-14(11-9-13)24(27,28)29/h5-11,15,18H,12H2,1-4H3,(H,30,34)(H,32,35)/t15-,18-/m1/s1. The van der Waals surface area contributed by atoms with E-state index in [1.807, 2.05) is 0 Å². The number of rotatable bonds is 4. The highest BCUT2D eigenvalue weighted by Crippen LogP contribution is 2.37. The quantitative estimate of drug-likeness (QED) is 0.474. The van der Waals surface area contributed by atoms with Crippen LogP contribution >= 0.6 is 0 Å². The van der Waals surface area contributed by atoms with Gasteiger partial charge in [0.2, 0.25) is 11.8 Å². The summed E-state index contributed by atoms with van der Waals surface area (Å²) in [6.45, 7) is 5.19. The zero-order valence-electron chi connectivity index (χ0n) is 19.5. The van der Waals surface area contributed by atoms with Gasteiger partial charge >= 0.3 is 6.18 Å². The summed E-state index contributed by atoms with van der Waals surface area (Å²) in [6, 6.07) is 7.65. The number of amides is 2. The minimum Gasteiger partial charge on any atom is -0.360 e. The maximum absolute atomic E-state index is 14.2. The van der Waals surface area contributed by atoms with Crippen LogP contribution in [0.15, 0.2) is 47.6 Å². The fraction of sp³-hybridized carbons (Fsp3) is 0.375. The number of anilines is 1. The molecule has 0 spiro atoms. The molecule has 1 fully saturated rings. The molecular formula is C24H25F5N4O2. The van der Waals surface area contributed by atoms with Gasteiger partial charge in [-0.15, -0.1) is 0 Å². The first-order valence-corrected chi connectivity index (χ1v) is 10.7. The van der Waals surface area contributed by atoms with Gasteiger partial charge in [0.05, 0.1) is 11.3 Å².